The highest BCUT2D eigenvalue weighted by atomic mass is 32.2. The van der Waals surface area contributed by atoms with Crippen LogP contribution in [0.4, 0.5) is 11.4 Å². The molecule has 0 unspecified atom stereocenters. The van der Waals surface area contributed by atoms with E-state index in [0.717, 1.165) is 17.7 Å². The Morgan fingerprint density at radius 3 is 2.43 bits per heavy atom. The summed E-state index contributed by atoms with van der Waals surface area (Å²) < 4.78 is 6.15. The lowest BCUT2D eigenvalue weighted by Crippen LogP contribution is -2.27. The molecule has 1 amide bonds. The number of anilines is 1. The Morgan fingerprint density at radius 2 is 1.86 bits per heavy atom. The lowest BCUT2D eigenvalue weighted by molar-refractivity contribution is -0.384. The van der Waals surface area contributed by atoms with E-state index in [1.807, 2.05) is 31.2 Å². The van der Waals surface area contributed by atoms with Crippen molar-refractivity contribution in [2.45, 2.75) is 26.4 Å². The molecule has 2 aromatic carbocycles. The zero-order chi connectivity index (χ0) is 20.3. The van der Waals surface area contributed by atoms with Gasteiger partial charge in [0.25, 0.3) is 11.6 Å². The van der Waals surface area contributed by atoms with Crippen molar-refractivity contribution < 1.29 is 14.5 Å². The number of ether oxygens (including phenoxy) is 1. The minimum atomic E-state index is -0.484. The predicted octanol–water partition coefficient (Wildman–Crippen LogP) is 5.18. The maximum absolute atomic E-state index is 12.8. The summed E-state index contributed by atoms with van der Waals surface area (Å²) in [5.41, 5.74) is 1.33. The molecule has 0 bridgehead atoms. The lowest BCUT2D eigenvalue weighted by Gasteiger charge is -2.14. The molecule has 1 aliphatic heterocycles. The SMILES string of the molecule is CC[C@@H](C)Oc1ccc(/C=C2/SC(=S)N(c3ccc([N+](=O)[O-])cc3)C2=O)cc1. The highest BCUT2D eigenvalue weighted by Crippen LogP contribution is 2.36. The van der Waals surface area contributed by atoms with Crippen LogP contribution in [0, 0.1) is 10.1 Å². The van der Waals surface area contributed by atoms with Crippen molar-refractivity contribution in [3.8, 4) is 5.75 Å². The first kappa shape index (κ1) is 20.0. The van der Waals surface area contributed by atoms with Crippen molar-refractivity contribution >= 4 is 51.7 Å². The first-order valence-electron chi connectivity index (χ1n) is 8.68. The number of hydrogen-bond acceptors (Lipinski definition) is 6. The van der Waals surface area contributed by atoms with Crippen molar-refractivity contribution in [1.29, 1.82) is 0 Å². The summed E-state index contributed by atoms with van der Waals surface area (Å²) in [7, 11) is 0. The quantitative estimate of drug-likeness (QED) is 0.281. The number of nitro groups is 1. The fourth-order valence-electron chi connectivity index (χ4n) is 2.52. The smallest absolute Gasteiger partial charge is 0.270 e. The van der Waals surface area contributed by atoms with Gasteiger partial charge in [-0.05, 0) is 49.2 Å². The highest BCUT2D eigenvalue weighted by Gasteiger charge is 2.33. The molecule has 1 aliphatic rings. The molecule has 1 atom stereocenters. The fraction of sp³-hybridized carbons (Fsp3) is 0.200. The molecule has 0 saturated carbocycles. The van der Waals surface area contributed by atoms with Crippen LogP contribution in [0.15, 0.2) is 53.4 Å². The average Bonchev–Trinajstić information content (AvgIpc) is 2.96. The van der Waals surface area contributed by atoms with E-state index in [4.69, 9.17) is 17.0 Å². The zero-order valence-electron chi connectivity index (χ0n) is 15.3. The molecule has 8 heteroatoms. The Kier molecular flexibility index (Phi) is 6.11. The molecule has 2 aromatic rings. The van der Waals surface area contributed by atoms with Crippen LogP contribution in [-0.4, -0.2) is 21.3 Å². The molecule has 28 heavy (non-hydrogen) atoms. The van der Waals surface area contributed by atoms with Crippen LogP contribution in [0.3, 0.4) is 0 Å². The fourth-order valence-corrected chi connectivity index (χ4v) is 3.82. The minimum Gasteiger partial charge on any atom is -0.491 e. The van der Waals surface area contributed by atoms with Crippen molar-refractivity contribution in [2.75, 3.05) is 4.90 Å². The highest BCUT2D eigenvalue weighted by molar-refractivity contribution is 8.27. The largest absolute Gasteiger partial charge is 0.491 e. The van der Waals surface area contributed by atoms with Gasteiger partial charge in [-0.2, -0.15) is 0 Å². The van der Waals surface area contributed by atoms with Gasteiger partial charge >= 0.3 is 0 Å². The number of rotatable bonds is 6. The number of hydrogen-bond donors (Lipinski definition) is 0. The van der Waals surface area contributed by atoms with E-state index in [9.17, 15) is 14.9 Å². The molecule has 1 fully saturated rings. The first-order valence-corrected chi connectivity index (χ1v) is 9.90. The van der Waals surface area contributed by atoms with E-state index in [1.54, 1.807) is 6.08 Å². The second kappa shape index (κ2) is 8.53. The molecule has 0 aromatic heterocycles. The Labute approximate surface area is 172 Å². The summed E-state index contributed by atoms with van der Waals surface area (Å²) >= 11 is 6.54. The summed E-state index contributed by atoms with van der Waals surface area (Å²) in [6.07, 6.45) is 2.84. The monoisotopic (exact) mass is 414 g/mol. The molecule has 0 spiro atoms. The molecular formula is C20H18N2O4S2. The maximum Gasteiger partial charge on any atom is 0.270 e. The number of carbonyl (C=O) groups excluding carboxylic acids is 1. The number of non-ortho nitro benzene ring substituents is 1. The molecule has 144 valence electrons. The van der Waals surface area contributed by atoms with Gasteiger partial charge in [-0.3, -0.25) is 19.8 Å². The lowest BCUT2D eigenvalue weighted by atomic mass is 10.2. The van der Waals surface area contributed by atoms with E-state index in [1.165, 1.54) is 40.9 Å². The van der Waals surface area contributed by atoms with Crippen LogP contribution >= 0.6 is 24.0 Å². The number of thioether (sulfide) groups is 1. The van der Waals surface area contributed by atoms with Gasteiger partial charge in [-0.25, -0.2) is 0 Å². The van der Waals surface area contributed by atoms with E-state index < -0.39 is 4.92 Å². The van der Waals surface area contributed by atoms with E-state index in [0.29, 0.717) is 14.9 Å². The molecular weight excluding hydrogens is 396 g/mol. The predicted molar refractivity (Wildman–Crippen MR) is 116 cm³/mol. The molecule has 1 heterocycles. The third kappa shape index (κ3) is 4.40. The Bertz CT molecular complexity index is 940. The Balaban J connectivity index is 1.78. The van der Waals surface area contributed by atoms with Crippen LogP contribution in [0.2, 0.25) is 0 Å². The molecule has 0 aliphatic carbocycles. The average molecular weight is 415 g/mol. The van der Waals surface area contributed by atoms with Crippen LogP contribution in [0.1, 0.15) is 25.8 Å². The Hall–Kier alpha value is -2.71. The summed E-state index contributed by atoms with van der Waals surface area (Å²) in [6, 6.07) is 13.3. The second-order valence-corrected chi connectivity index (χ2v) is 7.87. The van der Waals surface area contributed by atoms with Crippen LogP contribution in [-0.2, 0) is 4.79 Å². The molecule has 3 rings (SSSR count). The molecule has 0 radical (unpaired) electrons. The van der Waals surface area contributed by atoms with Crippen molar-refractivity contribution in [2.24, 2.45) is 0 Å². The number of carbonyl (C=O) groups is 1. The summed E-state index contributed by atoms with van der Waals surface area (Å²) in [4.78, 5) is 25.0. The third-order valence-electron chi connectivity index (χ3n) is 4.20. The van der Waals surface area contributed by atoms with Crippen molar-refractivity contribution in [3.05, 3.63) is 69.1 Å². The summed E-state index contributed by atoms with van der Waals surface area (Å²) in [6.45, 7) is 4.07. The van der Waals surface area contributed by atoms with E-state index in [-0.39, 0.29) is 17.7 Å². The van der Waals surface area contributed by atoms with Crippen molar-refractivity contribution in [1.82, 2.24) is 0 Å². The minimum absolute atomic E-state index is 0.0376. The number of thiocarbonyl (C=S) groups is 1. The second-order valence-electron chi connectivity index (χ2n) is 6.20. The molecule has 1 saturated heterocycles. The molecule has 0 N–H and O–H groups in total. The molecule has 6 nitrogen and oxygen atoms in total. The van der Waals surface area contributed by atoms with Crippen LogP contribution in [0.5, 0.6) is 5.75 Å². The number of nitro benzene ring substituents is 1. The van der Waals surface area contributed by atoms with Gasteiger partial charge < -0.3 is 4.74 Å². The van der Waals surface area contributed by atoms with Gasteiger partial charge in [0.1, 0.15) is 5.75 Å². The zero-order valence-corrected chi connectivity index (χ0v) is 17.0. The van der Waals surface area contributed by atoms with Crippen LogP contribution < -0.4 is 9.64 Å². The Morgan fingerprint density at radius 1 is 1.21 bits per heavy atom. The van der Waals surface area contributed by atoms with Gasteiger partial charge in [0.15, 0.2) is 4.32 Å². The van der Waals surface area contributed by atoms with E-state index >= 15 is 0 Å². The first-order chi connectivity index (χ1) is 13.4. The van der Waals surface area contributed by atoms with Crippen LogP contribution in [0.25, 0.3) is 6.08 Å². The number of nitrogens with zero attached hydrogens (tertiary/aromatic N) is 2. The van der Waals surface area contributed by atoms with Gasteiger partial charge in [0.2, 0.25) is 0 Å². The van der Waals surface area contributed by atoms with Gasteiger partial charge in [0, 0.05) is 12.1 Å². The van der Waals surface area contributed by atoms with Gasteiger partial charge in [-0.15, -0.1) is 0 Å². The number of amides is 1. The van der Waals surface area contributed by atoms with E-state index in [2.05, 4.69) is 6.92 Å². The number of benzene rings is 2. The topological polar surface area (TPSA) is 72.7 Å². The summed E-state index contributed by atoms with van der Waals surface area (Å²) in [5, 5.41) is 10.8. The maximum atomic E-state index is 12.8. The van der Waals surface area contributed by atoms with Gasteiger partial charge in [0.05, 0.1) is 21.6 Å². The normalized spacial score (nSPS) is 16.5. The van der Waals surface area contributed by atoms with Gasteiger partial charge in [-0.1, -0.05) is 43.0 Å². The standard InChI is InChI=1S/C20H18N2O4S2/c1-3-13(2)26-17-10-4-14(5-11-17)12-18-19(23)21(20(27)28-18)15-6-8-16(9-7-15)22(24)25/h4-13H,3H2,1-2H3/b18-12+/t13-/m1/s1. The third-order valence-corrected chi connectivity index (χ3v) is 5.50. The summed E-state index contributed by atoms with van der Waals surface area (Å²) in [5.74, 6) is 0.536. The van der Waals surface area contributed by atoms with Crippen molar-refractivity contribution in [3.63, 3.8) is 0 Å².